The molecule has 0 amide bonds. The van der Waals surface area contributed by atoms with Gasteiger partial charge in [0.25, 0.3) is 0 Å². The van der Waals surface area contributed by atoms with Crippen LogP contribution in [0.2, 0.25) is 0 Å². The average molecular weight is 403 g/mol. The van der Waals surface area contributed by atoms with Crippen molar-refractivity contribution in [3.63, 3.8) is 0 Å². The van der Waals surface area contributed by atoms with E-state index in [0.717, 1.165) is 19.3 Å². The van der Waals surface area contributed by atoms with E-state index < -0.39 is 11.4 Å². The molecule has 1 N–H and O–H groups in total. The summed E-state index contributed by atoms with van der Waals surface area (Å²) in [6.07, 6.45) is 5.33. The van der Waals surface area contributed by atoms with Crippen LogP contribution in [0.4, 0.5) is 0 Å². The van der Waals surface area contributed by atoms with Crippen LogP contribution in [-0.4, -0.2) is 28.4 Å². The summed E-state index contributed by atoms with van der Waals surface area (Å²) in [6, 6.07) is 0. The van der Waals surface area contributed by atoms with Crippen LogP contribution in [-0.2, 0) is 19.2 Å². The van der Waals surface area contributed by atoms with Gasteiger partial charge in [-0.25, -0.2) is 0 Å². The van der Waals surface area contributed by atoms with E-state index in [1.54, 1.807) is 0 Å². The van der Waals surface area contributed by atoms with Gasteiger partial charge in [-0.15, -0.1) is 0 Å². The van der Waals surface area contributed by atoms with Gasteiger partial charge in [0.05, 0.1) is 0 Å². The summed E-state index contributed by atoms with van der Waals surface area (Å²) >= 11 is 0. The molecule has 4 aliphatic rings. The van der Waals surface area contributed by atoms with Crippen LogP contribution in [0.3, 0.4) is 0 Å². The van der Waals surface area contributed by atoms with E-state index in [0.29, 0.717) is 32.1 Å². The maximum Gasteiger partial charge on any atom is 0.303 e. The number of rotatable bonds is 4. The number of Topliss-reactive ketones (excluding diaryl/α,β-unsaturated/α-hetero) is 3. The molecule has 29 heavy (non-hydrogen) atoms. The lowest BCUT2D eigenvalue weighted by Gasteiger charge is -2.58. The van der Waals surface area contributed by atoms with Gasteiger partial charge in [0.1, 0.15) is 17.3 Å². The fourth-order valence-electron chi connectivity index (χ4n) is 7.94. The normalized spacial score (nSPS) is 45.3. The Hall–Kier alpha value is -1.52. The van der Waals surface area contributed by atoms with E-state index in [4.69, 9.17) is 5.11 Å². The molecule has 5 unspecified atom stereocenters. The number of hydrogen-bond acceptors (Lipinski definition) is 4. The van der Waals surface area contributed by atoms with E-state index in [-0.39, 0.29) is 64.7 Å². The molecule has 4 fully saturated rings. The van der Waals surface area contributed by atoms with Crippen LogP contribution in [0.25, 0.3) is 0 Å². The molecule has 0 spiro atoms. The summed E-state index contributed by atoms with van der Waals surface area (Å²) < 4.78 is 0. The molecule has 4 saturated carbocycles. The van der Waals surface area contributed by atoms with Gasteiger partial charge in [0, 0.05) is 43.4 Å². The molecule has 0 radical (unpaired) electrons. The molecule has 0 aromatic carbocycles. The first-order chi connectivity index (χ1) is 13.6. The summed E-state index contributed by atoms with van der Waals surface area (Å²) in [7, 11) is 0. The highest BCUT2D eigenvalue weighted by molar-refractivity contribution is 5.93. The number of aliphatic carboxylic acids is 1. The first kappa shape index (κ1) is 20.7. The molecule has 4 rings (SSSR count). The fourth-order valence-corrected chi connectivity index (χ4v) is 7.94. The van der Waals surface area contributed by atoms with Crippen molar-refractivity contribution in [3.05, 3.63) is 0 Å². The number of carbonyl (C=O) groups excluding carboxylic acids is 3. The van der Waals surface area contributed by atoms with Gasteiger partial charge in [0.15, 0.2) is 0 Å². The predicted octanol–water partition coefficient (Wildman–Crippen LogP) is 4.07. The molecular formula is C24H34O5. The molecule has 0 aromatic rings. The number of carboxylic acid groups (broad SMARTS) is 1. The van der Waals surface area contributed by atoms with E-state index in [2.05, 4.69) is 20.8 Å². The van der Waals surface area contributed by atoms with Crippen molar-refractivity contribution in [1.29, 1.82) is 0 Å². The third kappa shape index (κ3) is 3.02. The third-order valence-electron chi connectivity index (χ3n) is 9.72. The van der Waals surface area contributed by atoms with Crippen molar-refractivity contribution in [2.75, 3.05) is 0 Å². The predicted molar refractivity (Wildman–Crippen MR) is 107 cm³/mol. The minimum Gasteiger partial charge on any atom is -0.481 e. The number of carbonyl (C=O) groups is 4. The van der Waals surface area contributed by atoms with Crippen molar-refractivity contribution in [2.24, 2.45) is 46.3 Å². The van der Waals surface area contributed by atoms with Crippen molar-refractivity contribution in [2.45, 2.75) is 78.6 Å². The van der Waals surface area contributed by atoms with Gasteiger partial charge in [-0.05, 0) is 60.7 Å². The second kappa shape index (κ2) is 7.02. The Labute approximate surface area is 173 Å². The Bertz CT molecular complexity index is 756. The zero-order chi connectivity index (χ0) is 21.1. The van der Waals surface area contributed by atoms with Gasteiger partial charge < -0.3 is 5.11 Å². The second-order valence-corrected chi connectivity index (χ2v) is 10.9. The van der Waals surface area contributed by atoms with Gasteiger partial charge in [0.2, 0.25) is 0 Å². The SMILES string of the molecule is C[C@H](CCC(=O)O)C1CC[C@@H]2C3C(=O)CC4CC(=O)CCC4(C)[C@@H]3CC(=O)C12C. The van der Waals surface area contributed by atoms with Crippen LogP contribution in [0.1, 0.15) is 78.6 Å². The van der Waals surface area contributed by atoms with Crippen LogP contribution in [0.15, 0.2) is 0 Å². The second-order valence-electron chi connectivity index (χ2n) is 10.9. The zero-order valence-corrected chi connectivity index (χ0v) is 17.9. The van der Waals surface area contributed by atoms with Crippen molar-refractivity contribution in [3.8, 4) is 0 Å². The van der Waals surface area contributed by atoms with Crippen LogP contribution in [0.5, 0.6) is 0 Å². The molecule has 8 atom stereocenters. The number of fused-ring (bicyclic) bond motifs is 5. The van der Waals surface area contributed by atoms with Gasteiger partial charge in [-0.3, -0.25) is 19.2 Å². The van der Waals surface area contributed by atoms with E-state index in [1.165, 1.54) is 0 Å². The number of carboxylic acids is 1. The molecule has 0 aliphatic heterocycles. The average Bonchev–Trinajstić information content (AvgIpc) is 3.01. The number of hydrogen-bond donors (Lipinski definition) is 1. The Morgan fingerprint density at radius 3 is 2.52 bits per heavy atom. The molecule has 0 bridgehead atoms. The Kier molecular flexibility index (Phi) is 5.02. The fraction of sp³-hybridized carbons (Fsp3) is 0.833. The van der Waals surface area contributed by atoms with Crippen molar-refractivity contribution < 1.29 is 24.3 Å². The largest absolute Gasteiger partial charge is 0.481 e. The van der Waals surface area contributed by atoms with E-state index in [9.17, 15) is 19.2 Å². The molecule has 5 heteroatoms. The molecular weight excluding hydrogens is 368 g/mol. The minimum absolute atomic E-state index is 0.0659. The van der Waals surface area contributed by atoms with Gasteiger partial charge >= 0.3 is 5.97 Å². The standard InChI is InChI=1S/C24H34O5/c1-13(4-7-21(28)29)16-5-6-17-22-18(12-20(27)24(16,17)3)23(2)9-8-15(25)10-14(23)11-19(22)26/h13-14,16-18,22H,4-12H2,1-3H3,(H,28,29)/t13-,14?,16?,17-,18-,22?,23?,24?/m1/s1. The van der Waals surface area contributed by atoms with Crippen LogP contribution < -0.4 is 0 Å². The van der Waals surface area contributed by atoms with Crippen molar-refractivity contribution >= 4 is 23.3 Å². The summed E-state index contributed by atoms with van der Waals surface area (Å²) in [5.74, 6) is 0.524. The number of ketones is 3. The highest BCUT2D eigenvalue weighted by atomic mass is 16.4. The third-order valence-corrected chi connectivity index (χ3v) is 9.72. The van der Waals surface area contributed by atoms with Gasteiger partial charge in [-0.2, -0.15) is 0 Å². The lowest BCUT2D eigenvalue weighted by atomic mass is 9.44. The topological polar surface area (TPSA) is 88.5 Å². The van der Waals surface area contributed by atoms with Gasteiger partial charge in [-0.1, -0.05) is 20.8 Å². The van der Waals surface area contributed by atoms with Crippen LogP contribution >= 0.6 is 0 Å². The zero-order valence-electron chi connectivity index (χ0n) is 17.9. The van der Waals surface area contributed by atoms with Crippen LogP contribution in [0, 0.1) is 46.3 Å². The molecule has 160 valence electrons. The summed E-state index contributed by atoms with van der Waals surface area (Å²) in [5.41, 5.74) is -0.598. The van der Waals surface area contributed by atoms with E-state index >= 15 is 0 Å². The van der Waals surface area contributed by atoms with E-state index in [1.807, 2.05) is 0 Å². The molecule has 0 heterocycles. The summed E-state index contributed by atoms with van der Waals surface area (Å²) in [4.78, 5) is 50.0. The first-order valence-electron chi connectivity index (χ1n) is 11.4. The van der Waals surface area contributed by atoms with Crippen molar-refractivity contribution in [1.82, 2.24) is 0 Å². The molecule has 4 aliphatic carbocycles. The maximum absolute atomic E-state index is 13.6. The quantitative estimate of drug-likeness (QED) is 0.766. The lowest BCUT2D eigenvalue weighted by Crippen LogP contribution is -2.60. The summed E-state index contributed by atoms with van der Waals surface area (Å²) in [6.45, 7) is 6.37. The Morgan fingerprint density at radius 1 is 1.10 bits per heavy atom. The summed E-state index contributed by atoms with van der Waals surface area (Å²) in [5, 5.41) is 9.06. The maximum atomic E-state index is 13.6. The highest BCUT2D eigenvalue weighted by Crippen LogP contribution is 2.66. The molecule has 0 saturated heterocycles. The first-order valence-corrected chi connectivity index (χ1v) is 11.4. The molecule has 5 nitrogen and oxygen atoms in total. The monoisotopic (exact) mass is 402 g/mol. The smallest absolute Gasteiger partial charge is 0.303 e. The lowest BCUT2D eigenvalue weighted by molar-refractivity contribution is -0.166. The highest BCUT2D eigenvalue weighted by Gasteiger charge is 2.66. The Balaban J connectivity index is 1.63. The Morgan fingerprint density at radius 2 is 1.83 bits per heavy atom. The minimum atomic E-state index is -0.792. The molecule has 0 aromatic heterocycles.